The lowest BCUT2D eigenvalue weighted by Gasteiger charge is -2.48. The summed E-state index contributed by atoms with van der Waals surface area (Å²) in [5.41, 5.74) is 1.23. The van der Waals surface area contributed by atoms with Gasteiger partial charge in [-0.2, -0.15) is 0 Å². The highest BCUT2D eigenvalue weighted by atomic mass is 19.1. The number of aliphatic hydroxyl groups excluding tert-OH is 1. The Morgan fingerprint density at radius 1 is 0.958 bits per heavy atom. The van der Waals surface area contributed by atoms with Crippen molar-refractivity contribution in [1.29, 1.82) is 0 Å². The lowest BCUT2D eigenvalue weighted by molar-refractivity contribution is -0.212. The second kappa shape index (κ2) is 14.1. The minimum absolute atomic E-state index is 0.114. The molecule has 3 N–H and O–H groups in total. The smallest absolute Gasteiger partial charge is 0.329 e. The first-order chi connectivity index (χ1) is 23.1. The standard InChI is InChI=1S/C37H40F2N2O7/c38-27-9-7-25(8-10-27)31(42)16-15-30-33(41(34(30)44)29-13-11-28(39)12-14-29)26-5-3-24(4-6-26)17-20-36(22-47-23-36)48-21-32(43)40-37(35(45)46)18-1-2-19-37/h3-14,30-31,33,42H,1-2,15-23H2,(H,40,43)(H,45,46)/t30-,31?,33?/m1/s1. The van der Waals surface area contributed by atoms with Gasteiger partial charge in [0.15, 0.2) is 0 Å². The Morgan fingerprint density at radius 3 is 2.17 bits per heavy atom. The predicted octanol–water partition coefficient (Wildman–Crippen LogP) is 5.41. The number of nitrogens with zero attached hydrogens (tertiary/aromatic N) is 1. The van der Waals surface area contributed by atoms with Crippen molar-refractivity contribution in [2.45, 2.75) is 74.7 Å². The average Bonchev–Trinajstić information content (AvgIpc) is 3.54. The number of benzene rings is 3. The monoisotopic (exact) mass is 662 g/mol. The molecule has 2 amide bonds. The lowest BCUT2D eigenvalue weighted by Crippen LogP contribution is -2.56. The van der Waals surface area contributed by atoms with E-state index >= 15 is 0 Å². The number of carboxylic acids is 1. The second-order valence-electron chi connectivity index (χ2n) is 13.2. The fourth-order valence-electron chi connectivity index (χ4n) is 7.07. The predicted molar refractivity (Wildman–Crippen MR) is 172 cm³/mol. The maximum Gasteiger partial charge on any atom is 0.329 e. The second-order valence-corrected chi connectivity index (χ2v) is 13.2. The van der Waals surface area contributed by atoms with Crippen LogP contribution in [0.1, 0.15) is 73.8 Å². The Labute approximate surface area is 277 Å². The average molecular weight is 663 g/mol. The minimum atomic E-state index is -1.22. The van der Waals surface area contributed by atoms with E-state index in [1.54, 1.807) is 17.0 Å². The van der Waals surface area contributed by atoms with E-state index in [9.17, 15) is 33.4 Å². The van der Waals surface area contributed by atoms with E-state index in [0.717, 1.165) is 24.0 Å². The van der Waals surface area contributed by atoms with Crippen LogP contribution in [0.25, 0.3) is 0 Å². The topological polar surface area (TPSA) is 125 Å². The van der Waals surface area contributed by atoms with Crippen LogP contribution in [-0.2, 0) is 30.3 Å². The quantitative estimate of drug-likeness (QED) is 0.197. The van der Waals surface area contributed by atoms with Crippen LogP contribution in [0.5, 0.6) is 0 Å². The Morgan fingerprint density at radius 2 is 1.58 bits per heavy atom. The molecular weight excluding hydrogens is 622 g/mol. The number of aryl methyl sites for hydroxylation is 1. The Balaban J connectivity index is 1.09. The Kier molecular flexibility index (Phi) is 9.91. The van der Waals surface area contributed by atoms with Gasteiger partial charge in [-0.15, -0.1) is 0 Å². The van der Waals surface area contributed by atoms with Crippen molar-refractivity contribution in [3.8, 4) is 0 Å². The van der Waals surface area contributed by atoms with Gasteiger partial charge in [-0.05, 0) is 91.6 Å². The minimum Gasteiger partial charge on any atom is -0.480 e. The summed E-state index contributed by atoms with van der Waals surface area (Å²) in [5.74, 6) is -2.77. The van der Waals surface area contributed by atoms with Gasteiger partial charge in [0.25, 0.3) is 0 Å². The number of aliphatic hydroxyl groups is 1. The molecule has 2 aliphatic heterocycles. The van der Waals surface area contributed by atoms with Crippen molar-refractivity contribution in [2.24, 2.45) is 5.92 Å². The fraction of sp³-hybridized carbons (Fsp3) is 0.432. The highest BCUT2D eigenvalue weighted by Crippen LogP contribution is 2.46. The molecule has 2 heterocycles. The molecule has 3 aromatic rings. The van der Waals surface area contributed by atoms with Crippen LogP contribution in [0.3, 0.4) is 0 Å². The van der Waals surface area contributed by atoms with E-state index in [-0.39, 0.29) is 24.4 Å². The van der Waals surface area contributed by atoms with Crippen LogP contribution in [0, 0.1) is 17.6 Å². The molecule has 0 radical (unpaired) electrons. The number of hydrogen-bond acceptors (Lipinski definition) is 6. The number of hydrogen-bond donors (Lipinski definition) is 3. The van der Waals surface area contributed by atoms with E-state index in [4.69, 9.17) is 9.47 Å². The summed E-state index contributed by atoms with van der Waals surface area (Å²) in [7, 11) is 0. The zero-order valence-corrected chi connectivity index (χ0v) is 26.6. The van der Waals surface area contributed by atoms with E-state index in [1.165, 1.54) is 36.4 Å². The molecule has 2 unspecified atom stereocenters. The number of halogens is 2. The van der Waals surface area contributed by atoms with Crippen molar-refractivity contribution in [3.63, 3.8) is 0 Å². The van der Waals surface area contributed by atoms with Gasteiger partial charge in [0.2, 0.25) is 11.8 Å². The molecule has 3 aromatic carbocycles. The van der Waals surface area contributed by atoms with Crippen LogP contribution in [0.4, 0.5) is 14.5 Å². The largest absolute Gasteiger partial charge is 0.480 e. The molecule has 3 fully saturated rings. The van der Waals surface area contributed by atoms with E-state index in [1.807, 2.05) is 24.3 Å². The first-order valence-corrected chi connectivity index (χ1v) is 16.5. The Bertz CT molecular complexity index is 1600. The van der Waals surface area contributed by atoms with E-state index < -0.39 is 40.9 Å². The third-order valence-electron chi connectivity index (χ3n) is 10.0. The highest BCUT2D eigenvalue weighted by molar-refractivity contribution is 6.03. The SMILES string of the molecule is O=C(COC1(CCc2ccc(C3[C@@H](CCC(O)c4ccc(F)cc4)C(=O)N3c3ccc(F)cc3)cc2)COC1)NC1(C(=O)O)CCCC1. The molecule has 0 aromatic heterocycles. The number of carboxylic acid groups (broad SMARTS) is 1. The summed E-state index contributed by atoms with van der Waals surface area (Å²) in [6.45, 7) is 0.429. The van der Waals surface area contributed by atoms with Crippen LogP contribution < -0.4 is 10.2 Å². The van der Waals surface area contributed by atoms with Crippen molar-refractivity contribution in [2.75, 3.05) is 24.7 Å². The van der Waals surface area contributed by atoms with Gasteiger partial charge >= 0.3 is 5.97 Å². The van der Waals surface area contributed by atoms with Crippen molar-refractivity contribution in [3.05, 3.63) is 101 Å². The first kappa shape index (κ1) is 33.7. The summed E-state index contributed by atoms with van der Waals surface area (Å²) in [5, 5.41) is 23.1. The number of ether oxygens (including phenoxy) is 2. The van der Waals surface area contributed by atoms with Crippen LogP contribution in [0.15, 0.2) is 72.8 Å². The lowest BCUT2D eigenvalue weighted by atomic mass is 9.78. The number of rotatable bonds is 14. The van der Waals surface area contributed by atoms with Crippen LogP contribution in [-0.4, -0.2) is 59.0 Å². The number of β-lactam (4-membered cyclic amide) rings is 1. The van der Waals surface area contributed by atoms with Gasteiger partial charge in [0.1, 0.15) is 29.4 Å². The molecule has 2 saturated heterocycles. The summed E-state index contributed by atoms with van der Waals surface area (Å²) in [6, 6.07) is 19.1. The molecule has 1 aliphatic carbocycles. The van der Waals surface area contributed by atoms with Gasteiger partial charge in [-0.1, -0.05) is 49.2 Å². The number of anilines is 1. The van der Waals surface area contributed by atoms with Crippen molar-refractivity contribution >= 4 is 23.5 Å². The van der Waals surface area contributed by atoms with Crippen LogP contribution >= 0.6 is 0 Å². The Hall–Kier alpha value is -4.19. The summed E-state index contributed by atoms with van der Waals surface area (Å²) in [4.78, 5) is 39.5. The van der Waals surface area contributed by atoms with Crippen molar-refractivity contribution in [1.82, 2.24) is 5.32 Å². The van der Waals surface area contributed by atoms with Gasteiger partial charge in [-0.3, -0.25) is 9.59 Å². The van der Waals surface area contributed by atoms with E-state index in [0.29, 0.717) is 63.0 Å². The highest BCUT2D eigenvalue weighted by Gasteiger charge is 2.49. The third-order valence-corrected chi connectivity index (χ3v) is 10.0. The summed E-state index contributed by atoms with van der Waals surface area (Å²) < 4.78 is 38.5. The molecule has 0 bridgehead atoms. The number of amides is 2. The molecular formula is C37H40F2N2O7. The number of carbonyl (C=O) groups excluding carboxylic acids is 2. The maximum atomic E-state index is 13.7. The zero-order chi connectivity index (χ0) is 33.9. The third kappa shape index (κ3) is 7.13. The number of carbonyl (C=O) groups is 3. The number of aliphatic carboxylic acids is 1. The van der Waals surface area contributed by atoms with Gasteiger partial charge in [0, 0.05) is 5.69 Å². The van der Waals surface area contributed by atoms with Gasteiger partial charge < -0.3 is 29.9 Å². The maximum absolute atomic E-state index is 13.7. The van der Waals surface area contributed by atoms with E-state index in [2.05, 4.69) is 5.32 Å². The first-order valence-electron chi connectivity index (χ1n) is 16.5. The molecule has 11 heteroatoms. The van der Waals surface area contributed by atoms with Gasteiger partial charge in [0.05, 0.1) is 31.3 Å². The molecule has 6 rings (SSSR count). The van der Waals surface area contributed by atoms with Crippen molar-refractivity contribution < 1.29 is 42.9 Å². The normalized spacial score (nSPS) is 21.6. The molecule has 254 valence electrons. The van der Waals surface area contributed by atoms with Gasteiger partial charge in [-0.25, -0.2) is 13.6 Å². The molecule has 3 atom stereocenters. The molecule has 1 saturated carbocycles. The fourth-order valence-corrected chi connectivity index (χ4v) is 7.07. The molecule has 0 spiro atoms. The molecule has 3 aliphatic rings. The summed E-state index contributed by atoms with van der Waals surface area (Å²) >= 11 is 0. The number of nitrogens with one attached hydrogen (secondary N) is 1. The van der Waals surface area contributed by atoms with Crippen LogP contribution in [0.2, 0.25) is 0 Å². The molecule has 9 nitrogen and oxygen atoms in total. The molecule has 48 heavy (non-hydrogen) atoms. The summed E-state index contributed by atoms with van der Waals surface area (Å²) in [6.07, 6.45) is 3.44. The zero-order valence-electron chi connectivity index (χ0n) is 26.6.